The van der Waals surface area contributed by atoms with Gasteiger partial charge in [-0.15, -0.1) is 0 Å². The molecule has 0 aromatic rings. The van der Waals surface area contributed by atoms with E-state index in [1.54, 1.807) is 41.5 Å². The molecule has 0 aromatic heterocycles. The van der Waals surface area contributed by atoms with Crippen molar-refractivity contribution >= 4 is 24.1 Å². The molecule has 0 unspecified atom stereocenters. The number of carbonyl (C=O) groups excluding carboxylic acids is 4. The first-order valence-corrected chi connectivity index (χ1v) is 9.42. The summed E-state index contributed by atoms with van der Waals surface area (Å²) in [5, 5.41) is 15.0. The van der Waals surface area contributed by atoms with E-state index in [4.69, 9.17) is 9.47 Å². The van der Waals surface area contributed by atoms with Crippen LogP contribution < -0.4 is 10.6 Å². The summed E-state index contributed by atoms with van der Waals surface area (Å²) in [6.07, 6.45) is -3.46. The first kappa shape index (κ1) is 27.4. The van der Waals surface area contributed by atoms with E-state index in [9.17, 15) is 24.3 Å². The molecule has 0 aliphatic heterocycles. The summed E-state index contributed by atoms with van der Waals surface area (Å²) in [5.74, 6) is -1.66. The number of alkyl carbamates (subject to hydrolysis) is 2. The summed E-state index contributed by atoms with van der Waals surface area (Å²) in [6, 6.07) is -2.58. The lowest BCUT2D eigenvalue weighted by Gasteiger charge is -2.26. The van der Waals surface area contributed by atoms with Gasteiger partial charge in [0.1, 0.15) is 17.2 Å². The van der Waals surface area contributed by atoms with E-state index in [1.165, 1.54) is 0 Å². The molecule has 0 saturated heterocycles. The number of aliphatic hydroxyl groups excluding tert-OH is 1. The average Bonchev–Trinajstić information content (AvgIpc) is 2.58. The number of esters is 2. The minimum absolute atomic E-state index is 0.101. The number of nitrogens with one attached hydrogen (secondary N) is 2. The van der Waals surface area contributed by atoms with E-state index >= 15 is 0 Å². The predicted octanol–water partition coefficient (Wildman–Crippen LogP) is 1.26. The van der Waals surface area contributed by atoms with E-state index in [-0.39, 0.29) is 12.8 Å². The standard InChI is InChI=1S/C19H34N2O9/c1-18(2,3)29-16(25)20-11(14(23)27-7)9-10-12(22)13(15(24)28-8)21-17(26)30-19(4,5)6/h11-13,22H,9-10H2,1-8H3,(H,20,25)(H,21,26)/t11-,12+,13+/m1/s1. The van der Waals surface area contributed by atoms with Crippen LogP contribution in [0.4, 0.5) is 9.59 Å². The molecule has 11 nitrogen and oxygen atoms in total. The third-order valence-electron chi connectivity index (χ3n) is 3.44. The summed E-state index contributed by atoms with van der Waals surface area (Å²) in [5.41, 5.74) is -1.60. The number of hydrogen-bond acceptors (Lipinski definition) is 9. The van der Waals surface area contributed by atoms with Gasteiger partial charge in [-0.2, -0.15) is 0 Å². The Morgan fingerprint density at radius 1 is 0.767 bits per heavy atom. The summed E-state index contributed by atoms with van der Waals surface area (Å²) in [4.78, 5) is 47.9. The molecule has 0 aromatic carbocycles. The van der Waals surface area contributed by atoms with Gasteiger partial charge in [0, 0.05) is 0 Å². The molecule has 11 heteroatoms. The summed E-state index contributed by atoms with van der Waals surface area (Å²) >= 11 is 0. The molecule has 3 atom stereocenters. The van der Waals surface area contributed by atoms with Gasteiger partial charge in [-0.3, -0.25) is 0 Å². The van der Waals surface area contributed by atoms with Gasteiger partial charge >= 0.3 is 24.1 Å². The highest BCUT2D eigenvalue weighted by molar-refractivity contribution is 5.82. The smallest absolute Gasteiger partial charge is 0.408 e. The van der Waals surface area contributed by atoms with Crippen molar-refractivity contribution in [3.05, 3.63) is 0 Å². The molecule has 0 saturated carbocycles. The van der Waals surface area contributed by atoms with Gasteiger partial charge in [0.25, 0.3) is 0 Å². The number of ether oxygens (including phenoxy) is 4. The second kappa shape index (κ2) is 11.6. The fourth-order valence-electron chi connectivity index (χ4n) is 2.22. The number of hydrogen-bond donors (Lipinski definition) is 3. The van der Waals surface area contributed by atoms with Crippen LogP contribution in [0.5, 0.6) is 0 Å². The average molecular weight is 434 g/mol. The van der Waals surface area contributed by atoms with Gasteiger partial charge in [-0.05, 0) is 54.4 Å². The zero-order valence-electron chi connectivity index (χ0n) is 18.9. The van der Waals surface area contributed by atoms with Gasteiger partial charge in [0.15, 0.2) is 6.04 Å². The molecule has 174 valence electrons. The van der Waals surface area contributed by atoms with Crippen LogP contribution in [0, 0.1) is 0 Å². The monoisotopic (exact) mass is 434 g/mol. The first-order chi connectivity index (χ1) is 13.6. The predicted molar refractivity (Wildman–Crippen MR) is 106 cm³/mol. The van der Waals surface area contributed by atoms with Crippen LogP contribution >= 0.6 is 0 Å². The molecule has 0 radical (unpaired) electrons. The molecular weight excluding hydrogens is 400 g/mol. The third-order valence-corrected chi connectivity index (χ3v) is 3.44. The van der Waals surface area contributed by atoms with Crippen LogP contribution in [-0.4, -0.2) is 72.8 Å². The highest BCUT2D eigenvalue weighted by Gasteiger charge is 2.33. The molecule has 3 N–H and O–H groups in total. The Bertz CT molecular complexity index is 608. The number of methoxy groups -OCH3 is 2. The van der Waals surface area contributed by atoms with Crippen molar-refractivity contribution in [1.29, 1.82) is 0 Å². The summed E-state index contributed by atoms with van der Waals surface area (Å²) < 4.78 is 19.4. The van der Waals surface area contributed by atoms with Crippen molar-refractivity contribution in [1.82, 2.24) is 10.6 Å². The van der Waals surface area contributed by atoms with Gasteiger partial charge < -0.3 is 34.7 Å². The fourth-order valence-corrected chi connectivity index (χ4v) is 2.22. The largest absolute Gasteiger partial charge is 0.467 e. The first-order valence-electron chi connectivity index (χ1n) is 9.42. The Labute approximate surface area is 176 Å². The van der Waals surface area contributed by atoms with E-state index in [0.29, 0.717) is 0 Å². The zero-order chi connectivity index (χ0) is 23.7. The molecule has 30 heavy (non-hydrogen) atoms. The minimum Gasteiger partial charge on any atom is -0.467 e. The highest BCUT2D eigenvalue weighted by atomic mass is 16.6. The summed E-state index contributed by atoms with van der Waals surface area (Å²) in [6.45, 7) is 9.89. The molecule has 2 amide bonds. The van der Waals surface area contributed by atoms with Crippen molar-refractivity contribution in [2.24, 2.45) is 0 Å². The van der Waals surface area contributed by atoms with Crippen LogP contribution in [0.1, 0.15) is 54.4 Å². The van der Waals surface area contributed by atoms with Gasteiger partial charge in [-0.25, -0.2) is 19.2 Å². The fraction of sp³-hybridized carbons (Fsp3) is 0.789. The van der Waals surface area contributed by atoms with E-state index in [1.807, 2.05) is 0 Å². The number of aliphatic hydroxyl groups is 1. The van der Waals surface area contributed by atoms with Crippen molar-refractivity contribution < 1.29 is 43.2 Å². The SMILES string of the molecule is COC(=O)[C@@H](NC(=O)OC(C)(C)C)[C@@H](O)CC[C@@H](NC(=O)OC(C)(C)C)C(=O)OC. The van der Waals surface area contributed by atoms with Gasteiger partial charge in [-0.1, -0.05) is 0 Å². The number of amides is 2. The normalized spacial score (nSPS) is 14.6. The maximum absolute atomic E-state index is 12.0. The quantitative estimate of drug-likeness (QED) is 0.379. The molecule has 0 fully saturated rings. The molecule has 0 aliphatic rings. The van der Waals surface area contributed by atoms with Crippen LogP contribution in [0.25, 0.3) is 0 Å². The number of rotatable bonds is 8. The van der Waals surface area contributed by atoms with Crippen LogP contribution in [0.2, 0.25) is 0 Å². The molecule has 0 rings (SSSR count). The van der Waals surface area contributed by atoms with E-state index < -0.39 is 53.5 Å². The second-order valence-corrected chi connectivity index (χ2v) is 8.51. The minimum atomic E-state index is -1.44. The molecule has 0 spiro atoms. The van der Waals surface area contributed by atoms with Crippen molar-refractivity contribution in [3.8, 4) is 0 Å². The lowest BCUT2D eigenvalue weighted by atomic mass is 10.0. The van der Waals surface area contributed by atoms with Crippen LogP contribution in [0.15, 0.2) is 0 Å². The van der Waals surface area contributed by atoms with Crippen LogP contribution in [0.3, 0.4) is 0 Å². The van der Waals surface area contributed by atoms with Gasteiger partial charge in [0.2, 0.25) is 0 Å². The Hall–Kier alpha value is -2.56. The molecular formula is C19H34N2O9. The Kier molecular flexibility index (Phi) is 10.6. The number of carbonyl (C=O) groups is 4. The Balaban J connectivity index is 5.13. The van der Waals surface area contributed by atoms with Crippen LogP contribution in [-0.2, 0) is 28.5 Å². The Morgan fingerprint density at radius 2 is 1.20 bits per heavy atom. The lowest BCUT2D eigenvalue weighted by Crippen LogP contribution is -2.51. The lowest BCUT2D eigenvalue weighted by molar-refractivity contribution is -0.146. The second-order valence-electron chi connectivity index (χ2n) is 8.51. The third kappa shape index (κ3) is 11.4. The molecule has 0 heterocycles. The zero-order valence-corrected chi connectivity index (χ0v) is 18.9. The topological polar surface area (TPSA) is 149 Å². The maximum atomic E-state index is 12.0. The highest BCUT2D eigenvalue weighted by Crippen LogP contribution is 2.12. The van der Waals surface area contributed by atoms with Crippen molar-refractivity contribution in [2.45, 2.75) is 83.8 Å². The van der Waals surface area contributed by atoms with Crippen molar-refractivity contribution in [2.75, 3.05) is 14.2 Å². The Morgan fingerprint density at radius 3 is 1.60 bits per heavy atom. The van der Waals surface area contributed by atoms with Gasteiger partial charge in [0.05, 0.1) is 20.3 Å². The van der Waals surface area contributed by atoms with E-state index in [2.05, 4.69) is 20.1 Å². The van der Waals surface area contributed by atoms with Crippen molar-refractivity contribution in [3.63, 3.8) is 0 Å². The molecule has 0 aliphatic carbocycles. The molecule has 0 bridgehead atoms. The summed E-state index contributed by atoms with van der Waals surface area (Å²) in [7, 11) is 2.24. The van der Waals surface area contributed by atoms with E-state index in [0.717, 1.165) is 14.2 Å². The maximum Gasteiger partial charge on any atom is 0.408 e.